The molecule has 10 heteroatoms. The normalized spacial score (nSPS) is 28.6. The molecule has 0 bridgehead atoms. The van der Waals surface area contributed by atoms with E-state index in [0.29, 0.717) is 31.2 Å². The van der Waals surface area contributed by atoms with E-state index in [1.54, 1.807) is 6.92 Å². The van der Waals surface area contributed by atoms with Crippen molar-refractivity contribution in [1.82, 2.24) is 0 Å². The summed E-state index contributed by atoms with van der Waals surface area (Å²) in [6.07, 6.45) is -5.01. The third kappa shape index (κ3) is 4.48. The van der Waals surface area contributed by atoms with Gasteiger partial charge in [-0.2, -0.15) is 0 Å². The van der Waals surface area contributed by atoms with Crippen molar-refractivity contribution in [2.75, 3.05) is 0 Å². The second-order valence-corrected chi connectivity index (χ2v) is 9.53. The zero-order valence-corrected chi connectivity index (χ0v) is 19.5. The van der Waals surface area contributed by atoms with Gasteiger partial charge < -0.3 is 40.1 Å². The number of ether oxygens (including phenoxy) is 2. The number of hydrogen-bond acceptors (Lipinski definition) is 9. The molecular weight excluding hydrogens is 460 g/mol. The Labute approximate surface area is 201 Å². The number of carboxylic acids is 1. The molecule has 0 spiro atoms. The molecule has 0 radical (unpaired) electrons. The molecule has 0 amide bonds. The number of aliphatic hydroxyl groups is 4. The number of phenolic OH excluding ortho intramolecular Hbond substituents is 1. The molecule has 2 aromatic rings. The van der Waals surface area contributed by atoms with Crippen LogP contribution in [-0.2, 0) is 4.74 Å². The molecule has 10 nitrogen and oxygen atoms in total. The fourth-order valence-corrected chi connectivity index (χ4v) is 5.25. The van der Waals surface area contributed by atoms with E-state index < -0.39 is 53.8 Å². The first kappa shape index (κ1) is 25.3. The third-order valence-electron chi connectivity index (χ3n) is 7.03. The number of ketones is 1. The SMILES string of the molecule is CC(=O)c1c(C)cc2cc(C(=O)O)cc(OC3OC(C4(O)CCCCC4)C(O)C(O)C3O)c2c1O. The highest BCUT2D eigenvalue weighted by molar-refractivity contribution is 6.08. The molecular formula is C25H30O10. The quantitative estimate of drug-likeness (QED) is 0.338. The average molecular weight is 491 g/mol. The van der Waals surface area contributed by atoms with Crippen LogP contribution in [-0.4, -0.2) is 78.7 Å². The predicted molar refractivity (Wildman–Crippen MR) is 123 cm³/mol. The summed E-state index contributed by atoms with van der Waals surface area (Å²) in [6, 6.07) is 3.96. The van der Waals surface area contributed by atoms with Gasteiger partial charge in [0.2, 0.25) is 6.29 Å². The highest BCUT2D eigenvalue weighted by Gasteiger charge is 2.53. The Morgan fingerprint density at radius 1 is 1.03 bits per heavy atom. The smallest absolute Gasteiger partial charge is 0.335 e. The first-order valence-corrected chi connectivity index (χ1v) is 11.6. The zero-order chi connectivity index (χ0) is 25.7. The lowest BCUT2D eigenvalue weighted by atomic mass is 9.76. The number of benzene rings is 2. The van der Waals surface area contributed by atoms with E-state index in [-0.39, 0.29) is 27.6 Å². The second-order valence-electron chi connectivity index (χ2n) is 9.53. The van der Waals surface area contributed by atoms with Crippen LogP contribution in [0, 0.1) is 6.92 Å². The lowest BCUT2D eigenvalue weighted by molar-refractivity contribution is -0.308. The van der Waals surface area contributed by atoms with E-state index in [0.717, 1.165) is 12.5 Å². The molecule has 1 heterocycles. The van der Waals surface area contributed by atoms with Crippen molar-refractivity contribution >= 4 is 22.5 Å². The average Bonchev–Trinajstić information content (AvgIpc) is 2.78. The van der Waals surface area contributed by atoms with Gasteiger partial charge in [0.1, 0.15) is 35.9 Å². The fourth-order valence-electron chi connectivity index (χ4n) is 5.25. The Morgan fingerprint density at radius 2 is 1.69 bits per heavy atom. The number of carboxylic acid groups (broad SMARTS) is 1. The fraction of sp³-hybridized carbons (Fsp3) is 0.520. The van der Waals surface area contributed by atoms with Gasteiger partial charge in [-0.1, -0.05) is 25.3 Å². The number of carbonyl (C=O) groups is 2. The van der Waals surface area contributed by atoms with Gasteiger partial charge in [-0.15, -0.1) is 0 Å². The first-order chi connectivity index (χ1) is 16.4. The number of Topliss-reactive ketones (excluding diaryl/α,β-unsaturated/α-hetero) is 1. The molecule has 5 unspecified atom stereocenters. The molecule has 2 aliphatic rings. The van der Waals surface area contributed by atoms with Crippen molar-refractivity contribution in [2.45, 2.75) is 82.3 Å². The van der Waals surface area contributed by atoms with Crippen LogP contribution in [0.2, 0.25) is 0 Å². The van der Waals surface area contributed by atoms with Crippen LogP contribution < -0.4 is 4.74 Å². The molecule has 5 atom stereocenters. The van der Waals surface area contributed by atoms with Crippen LogP contribution in [0.15, 0.2) is 18.2 Å². The molecule has 1 aliphatic carbocycles. The number of hydrogen-bond donors (Lipinski definition) is 6. The Morgan fingerprint density at radius 3 is 2.29 bits per heavy atom. The van der Waals surface area contributed by atoms with Gasteiger partial charge in [0.05, 0.1) is 22.1 Å². The van der Waals surface area contributed by atoms with Gasteiger partial charge in [-0.25, -0.2) is 4.79 Å². The van der Waals surface area contributed by atoms with Gasteiger partial charge in [0, 0.05) is 0 Å². The van der Waals surface area contributed by atoms with Gasteiger partial charge in [-0.3, -0.25) is 4.79 Å². The largest absolute Gasteiger partial charge is 0.506 e. The summed E-state index contributed by atoms with van der Waals surface area (Å²) < 4.78 is 11.6. The van der Waals surface area contributed by atoms with Crippen LogP contribution in [0.4, 0.5) is 0 Å². The molecule has 2 fully saturated rings. The molecule has 35 heavy (non-hydrogen) atoms. The van der Waals surface area contributed by atoms with Gasteiger partial charge in [-0.05, 0) is 49.8 Å². The maximum Gasteiger partial charge on any atom is 0.335 e. The minimum atomic E-state index is -1.75. The number of aliphatic hydroxyl groups excluding tert-OH is 3. The Bertz CT molecular complexity index is 1150. The minimum Gasteiger partial charge on any atom is -0.506 e. The monoisotopic (exact) mass is 490 g/mol. The summed E-state index contributed by atoms with van der Waals surface area (Å²) >= 11 is 0. The Balaban J connectivity index is 1.80. The summed E-state index contributed by atoms with van der Waals surface area (Å²) in [5.41, 5.74) is -1.18. The molecule has 6 N–H and O–H groups in total. The van der Waals surface area contributed by atoms with Crippen LogP contribution in [0.25, 0.3) is 10.8 Å². The van der Waals surface area contributed by atoms with E-state index in [1.807, 2.05) is 0 Å². The molecule has 4 rings (SSSR count). The van der Waals surface area contributed by atoms with Crippen molar-refractivity contribution in [3.05, 3.63) is 34.9 Å². The Hall–Kier alpha value is -2.76. The summed E-state index contributed by atoms with van der Waals surface area (Å²) in [5.74, 6) is -2.32. The highest BCUT2D eigenvalue weighted by atomic mass is 16.7. The van der Waals surface area contributed by atoms with Crippen molar-refractivity contribution in [3.8, 4) is 11.5 Å². The number of aryl methyl sites for hydroxylation is 1. The lowest BCUT2D eigenvalue weighted by Gasteiger charge is -2.48. The van der Waals surface area contributed by atoms with Gasteiger partial charge in [0.15, 0.2) is 5.78 Å². The number of fused-ring (bicyclic) bond motifs is 1. The van der Waals surface area contributed by atoms with Gasteiger partial charge >= 0.3 is 5.97 Å². The summed E-state index contributed by atoms with van der Waals surface area (Å²) in [5, 5.41) is 63.6. The molecule has 1 saturated carbocycles. The van der Waals surface area contributed by atoms with E-state index in [9.17, 15) is 40.2 Å². The second kappa shape index (κ2) is 9.36. The van der Waals surface area contributed by atoms with Crippen molar-refractivity contribution < 1.29 is 49.7 Å². The standard InChI is InChI=1S/C25H30O10/c1-11-8-13-9-14(23(31)32)10-15(17(13)18(27)16(11)12(2)26)34-24-21(30)19(28)20(29)22(35-24)25(33)6-4-3-5-7-25/h8-10,19-22,24,27-30,33H,3-7H2,1-2H3,(H,31,32). The first-order valence-electron chi connectivity index (χ1n) is 11.6. The topological polar surface area (TPSA) is 174 Å². The molecule has 2 aromatic carbocycles. The van der Waals surface area contributed by atoms with Gasteiger partial charge in [0.25, 0.3) is 0 Å². The van der Waals surface area contributed by atoms with Crippen molar-refractivity contribution in [1.29, 1.82) is 0 Å². The maximum atomic E-state index is 12.1. The number of carbonyl (C=O) groups excluding carboxylic acids is 1. The summed E-state index contributed by atoms with van der Waals surface area (Å²) in [6.45, 7) is 2.88. The summed E-state index contributed by atoms with van der Waals surface area (Å²) in [7, 11) is 0. The van der Waals surface area contributed by atoms with E-state index in [2.05, 4.69) is 0 Å². The van der Waals surface area contributed by atoms with E-state index >= 15 is 0 Å². The lowest BCUT2D eigenvalue weighted by Crippen LogP contribution is -2.65. The summed E-state index contributed by atoms with van der Waals surface area (Å²) in [4.78, 5) is 23.9. The van der Waals surface area contributed by atoms with E-state index in [4.69, 9.17) is 9.47 Å². The minimum absolute atomic E-state index is 0.0233. The van der Waals surface area contributed by atoms with Crippen LogP contribution in [0.1, 0.15) is 65.3 Å². The maximum absolute atomic E-state index is 12.1. The van der Waals surface area contributed by atoms with Crippen molar-refractivity contribution in [3.63, 3.8) is 0 Å². The number of phenols is 1. The molecule has 1 aliphatic heterocycles. The number of aromatic hydroxyl groups is 1. The van der Waals surface area contributed by atoms with Crippen molar-refractivity contribution in [2.24, 2.45) is 0 Å². The Kier molecular flexibility index (Phi) is 6.78. The number of rotatable bonds is 5. The van der Waals surface area contributed by atoms with Crippen LogP contribution in [0.5, 0.6) is 11.5 Å². The molecule has 190 valence electrons. The predicted octanol–water partition coefficient (Wildman–Crippen LogP) is 1.64. The third-order valence-corrected chi connectivity index (χ3v) is 7.03. The number of aromatic carboxylic acids is 1. The van der Waals surface area contributed by atoms with Crippen LogP contribution >= 0.6 is 0 Å². The van der Waals surface area contributed by atoms with E-state index in [1.165, 1.54) is 19.1 Å². The molecule has 0 aromatic heterocycles. The van der Waals surface area contributed by atoms with Crippen LogP contribution in [0.3, 0.4) is 0 Å². The molecule has 1 saturated heterocycles. The zero-order valence-electron chi connectivity index (χ0n) is 19.5. The highest BCUT2D eigenvalue weighted by Crippen LogP contribution is 2.42.